The van der Waals surface area contributed by atoms with E-state index in [1.165, 1.54) is 24.4 Å². The number of thiocarbonyl (C=S) groups is 1. The highest BCUT2D eigenvalue weighted by Gasteiger charge is 2.07. The van der Waals surface area contributed by atoms with Crippen molar-refractivity contribution in [2.75, 3.05) is 0 Å². The standard InChI is InChI=1S/C15H12F3N3OS/c16-11-3-1-10(6-12(11)17)8-22-14-4-2-9(5-13(14)18)7-20-21-15(19)23/h1-7H,8H2,(H3,19,21,23). The number of rotatable bonds is 5. The molecule has 0 aliphatic carbocycles. The number of benzene rings is 2. The van der Waals surface area contributed by atoms with Crippen LogP contribution in [0, 0.1) is 17.5 Å². The summed E-state index contributed by atoms with van der Waals surface area (Å²) in [4.78, 5) is 0. The van der Waals surface area contributed by atoms with Gasteiger partial charge in [-0.15, -0.1) is 0 Å². The van der Waals surface area contributed by atoms with E-state index >= 15 is 0 Å². The van der Waals surface area contributed by atoms with Crippen LogP contribution in [0.1, 0.15) is 11.1 Å². The minimum Gasteiger partial charge on any atom is -0.486 e. The van der Waals surface area contributed by atoms with Gasteiger partial charge in [-0.2, -0.15) is 5.10 Å². The molecule has 0 fully saturated rings. The first-order chi connectivity index (χ1) is 11.0. The fraction of sp³-hybridized carbons (Fsp3) is 0.0667. The summed E-state index contributed by atoms with van der Waals surface area (Å²) in [6, 6.07) is 7.50. The van der Waals surface area contributed by atoms with Gasteiger partial charge in [-0.25, -0.2) is 13.2 Å². The smallest absolute Gasteiger partial charge is 0.184 e. The summed E-state index contributed by atoms with van der Waals surface area (Å²) in [5, 5.41) is 3.69. The fourth-order valence-electron chi connectivity index (χ4n) is 1.68. The maximum atomic E-state index is 13.9. The van der Waals surface area contributed by atoms with E-state index in [4.69, 9.17) is 10.5 Å². The summed E-state index contributed by atoms with van der Waals surface area (Å²) in [6.45, 7) is -0.0927. The number of nitrogens with zero attached hydrogens (tertiary/aromatic N) is 1. The van der Waals surface area contributed by atoms with E-state index < -0.39 is 17.5 Å². The van der Waals surface area contributed by atoms with Crippen molar-refractivity contribution in [1.82, 2.24) is 5.43 Å². The van der Waals surface area contributed by atoms with Gasteiger partial charge in [0.1, 0.15) is 6.61 Å². The van der Waals surface area contributed by atoms with Crippen LogP contribution in [-0.2, 0) is 6.61 Å². The zero-order chi connectivity index (χ0) is 16.8. The predicted molar refractivity (Wildman–Crippen MR) is 84.6 cm³/mol. The molecule has 0 saturated carbocycles. The summed E-state index contributed by atoms with van der Waals surface area (Å²) in [6.07, 6.45) is 1.33. The molecule has 8 heteroatoms. The Morgan fingerprint density at radius 3 is 2.57 bits per heavy atom. The average Bonchev–Trinajstić information content (AvgIpc) is 2.49. The Hall–Kier alpha value is -2.61. The molecule has 0 aliphatic heterocycles. The highest BCUT2D eigenvalue weighted by atomic mass is 32.1. The SMILES string of the molecule is NC(=S)NN=Cc1ccc(OCc2ccc(F)c(F)c2)c(F)c1. The molecule has 0 aliphatic rings. The van der Waals surface area contributed by atoms with Crippen molar-refractivity contribution in [2.24, 2.45) is 10.8 Å². The maximum absolute atomic E-state index is 13.9. The lowest BCUT2D eigenvalue weighted by Crippen LogP contribution is -2.23. The minimum absolute atomic E-state index is 0.00629. The van der Waals surface area contributed by atoms with E-state index in [1.807, 2.05) is 0 Å². The van der Waals surface area contributed by atoms with Crippen molar-refractivity contribution in [3.63, 3.8) is 0 Å². The number of hydrogen-bond acceptors (Lipinski definition) is 3. The largest absolute Gasteiger partial charge is 0.486 e. The Bertz CT molecular complexity index is 753. The first kappa shape index (κ1) is 16.8. The minimum atomic E-state index is -0.983. The van der Waals surface area contributed by atoms with Crippen LogP contribution in [0.3, 0.4) is 0 Å². The van der Waals surface area contributed by atoms with E-state index in [9.17, 15) is 13.2 Å². The van der Waals surface area contributed by atoms with Crippen LogP contribution in [0.25, 0.3) is 0 Å². The maximum Gasteiger partial charge on any atom is 0.184 e. The zero-order valence-corrected chi connectivity index (χ0v) is 12.5. The van der Waals surface area contributed by atoms with Crippen LogP contribution in [0.4, 0.5) is 13.2 Å². The predicted octanol–water partition coefficient (Wildman–Crippen LogP) is 2.85. The second kappa shape index (κ2) is 7.59. The molecule has 23 heavy (non-hydrogen) atoms. The molecule has 2 rings (SSSR count). The molecule has 0 heterocycles. The monoisotopic (exact) mass is 339 g/mol. The van der Waals surface area contributed by atoms with Gasteiger partial charge in [-0.05, 0) is 53.7 Å². The number of nitrogens with two attached hydrogens (primary N) is 1. The fourth-order valence-corrected chi connectivity index (χ4v) is 1.73. The van der Waals surface area contributed by atoms with E-state index in [1.54, 1.807) is 6.07 Å². The number of nitrogens with one attached hydrogen (secondary N) is 1. The topological polar surface area (TPSA) is 59.6 Å². The number of hydrazone groups is 1. The van der Waals surface area contributed by atoms with E-state index in [2.05, 4.69) is 22.7 Å². The van der Waals surface area contributed by atoms with Crippen LogP contribution in [0.5, 0.6) is 5.75 Å². The van der Waals surface area contributed by atoms with Gasteiger partial charge in [-0.1, -0.05) is 6.07 Å². The number of hydrogen-bond donors (Lipinski definition) is 2. The zero-order valence-electron chi connectivity index (χ0n) is 11.7. The molecular formula is C15H12F3N3OS. The number of halogens is 3. The molecular weight excluding hydrogens is 327 g/mol. The first-order valence-electron chi connectivity index (χ1n) is 6.40. The molecule has 0 spiro atoms. The van der Waals surface area contributed by atoms with Crippen LogP contribution < -0.4 is 15.9 Å². The van der Waals surface area contributed by atoms with Crippen LogP contribution in [0.15, 0.2) is 41.5 Å². The summed E-state index contributed by atoms with van der Waals surface area (Å²) in [7, 11) is 0. The molecule has 120 valence electrons. The summed E-state index contributed by atoms with van der Waals surface area (Å²) >= 11 is 4.56. The molecule has 2 aromatic rings. The lowest BCUT2D eigenvalue weighted by Gasteiger charge is -2.08. The Labute approximate surface area is 135 Å². The van der Waals surface area contributed by atoms with Gasteiger partial charge in [0.15, 0.2) is 28.3 Å². The van der Waals surface area contributed by atoms with Crippen molar-refractivity contribution < 1.29 is 17.9 Å². The highest BCUT2D eigenvalue weighted by Crippen LogP contribution is 2.19. The van der Waals surface area contributed by atoms with E-state index in [0.717, 1.165) is 12.1 Å². The average molecular weight is 339 g/mol. The third kappa shape index (κ3) is 4.96. The lowest BCUT2D eigenvalue weighted by atomic mass is 10.2. The van der Waals surface area contributed by atoms with Crippen molar-refractivity contribution in [1.29, 1.82) is 0 Å². The van der Waals surface area contributed by atoms with E-state index in [-0.39, 0.29) is 17.5 Å². The Morgan fingerprint density at radius 2 is 1.91 bits per heavy atom. The normalized spacial score (nSPS) is 10.7. The van der Waals surface area contributed by atoms with Gasteiger partial charge in [-0.3, -0.25) is 5.43 Å². The van der Waals surface area contributed by atoms with Crippen molar-refractivity contribution in [3.05, 3.63) is 65.0 Å². The molecule has 4 nitrogen and oxygen atoms in total. The summed E-state index contributed by atoms with van der Waals surface area (Å²) in [5.41, 5.74) is 8.38. The molecule has 2 aromatic carbocycles. The second-order valence-corrected chi connectivity index (χ2v) is 4.90. The van der Waals surface area contributed by atoms with Crippen LogP contribution in [0.2, 0.25) is 0 Å². The van der Waals surface area contributed by atoms with Gasteiger partial charge >= 0.3 is 0 Å². The molecule has 0 bridgehead atoms. The Balaban J connectivity index is 2.01. The van der Waals surface area contributed by atoms with Gasteiger partial charge in [0.25, 0.3) is 0 Å². The molecule has 0 aromatic heterocycles. The van der Waals surface area contributed by atoms with Gasteiger partial charge < -0.3 is 10.5 Å². The molecule has 0 amide bonds. The summed E-state index contributed by atoms with van der Waals surface area (Å²) < 4.78 is 45.0. The third-order valence-corrected chi connectivity index (χ3v) is 2.81. The number of ether oxygens (including phenoxy) is 1. The Morgan fingerprint density at radius 1 is 1.13 bits per heavy atom. The van der Waals surface area contributed by atoms with Crippen molar-refractivity contribution in [3.8, 4) is 5.75 Å². The third-order valence-electron chi connectivity index (χ3n) is 2.72. The molecule has 0 unspecified atom stereocenters. The molecule has 3 N–H and O–H groups in total. The van der Waals surface area contributed by atoms with E-state index in [0.29, 0.717) is 11.1 Å². The molecule has 0 radical (unpaired) electrons. The second-order valence-electron chi connectivity index (χ2n) is 4.46. The lowest BCUT2D eigenvalue weighted by molar-refractivity contribution is 0.289. The van der Waals surface area contributed by atoms with Crippen LogP contribution >= 0.6 is 12.2 Å². The highest BCUT2D eigenvalue weighted by molar-refractivity contribution is 7.80. The van der Waals surface area contributed by atoms with Gasteiger partial charge in [0.2, 0.25) is 0 Å². The molecule has 0 saturated heterocycles. The van der Waals surface area contributed by atoms with Crippen molar-refractivity contribution in [2.45, 2.75) is 6.61 Å². The first-order valence-corrected chi connectivity index (χ1v) is 6.81. The Kier molecular flexibility index (Phi) is 5.53. The quantitative estimate of drug-likeness (QED) is 0.500. The summed E-state index contributed by atoms with van der Waals surface area (Å²) in [5.74, 6) is -2.57. The van der Waals surface area contributed by atoms with Crippen LogP contribution in [-0.4, -0.2) is 11.3 Å². The van der Waals surface area contributed by atoms with Gasteiger partial charge in [0, 0.05) is 0 Å². The van der Waals surface area contributed by atoms with Crippen molar-refractivity contribution >= 4 is 23.5 Å². The van der Waals surface area contributed by atoms with Gasteiger partial charge in [0.05, 0.1) is 6.21 Å². The molecule has 0 atom stereocenters.